The molecule has 1 fully saturated rings. The lowest BCUT2D eigenvalue weighted by Crippen LogP contribution is -2.40. The maximum absolute atomic E-state index is 12.0. The molecule has 19 heavy (non-hydrogen) atoms. The summed E-state index contributed by atoms with van der Waals surface area (Å²) in [5.74, 6) is -1.10. The molecule has 1 aromatic rings. The quantitative estimate of drug-likeness (QED) is 0.910. The molecule has 6 nitrogen and oxygen atoms in total. The van der Waals surface area contributed by atoms with Gasteiger partial charge in [-0.2, -0.15) is 0 Å². The summed E-state index contributed by atoms with van der Waals surface area (Å²) in [4.78, 5) is 24.5. The Morgan fingerprint density at radius 3 is 2.89 bits per heavy atom. The van der Waals surface area contributed by atoms with E-state index in [1.807, 2.05) is 0 Å². The number of aliphatic carboxylic acids is 1. The molecule has 1 N–H and O–H groups in total. The second-order valence-corrected chi connectivity index (χ2v) is 4.95. The first-order chi connectivity index (χ1) is 9.00. The van der Waals surface area contributed by atoms with Crippen LogP contribution in [0.3, 0.4) is 0 Å². The number of carboxylic acid groups (broad SMARTS) is 1. The van der Waals surface area contributed by atoms with Crippen LogP contribution in [0.2, 0.25) is 5.22 Å². The van der Waals surface area contributed by atoms with E-state index in [9.17, 15) is 9.59 Å². The molecule has 7 heteroatoms. The van der Waals surface area contributed by atoms with Crippen molar-refractivity contribution in [2.45, 2.75) is 38.6 Å². The molecule has 0 radical (unpaired) electrons. The molecule has 1 unspecified atom stereocenters. The number of hydrogen-bond acceptors (Lipinski definition) is 4. The maximum atomic E-state index is 12.0. The van der Waals surface area contributed by atoms with Crippen molar-refractivity contribution in [3.05, 3.63) is 16.5 Å². The van der Waals surface area contributed by atoms with Crippen LogP contribution >= 0.6 is 11.6 Å². The van der Waals surface area contributed by atoms with Crippen LogP contribution in [-0.2, 0) is 16.0 Å². The molecule has 2 rings (SSSR count). The number of aryl methyl sites for hydroxylation is 1. The summed E-state index contributed by atoms with van der Waals surface area (Å²) < 4.78 is 4.81. The fourth-order valence-electron chi connectivity index (χ4n) is 2.34. The van der Waals surface area contributed by atoms with E-state index in [1.165, 1.54) is 4.90 Å². The summed E-state index contributed by atoms with van der Waals surface area (Å²) in [5.41, 5.74) is 1.37. The Morgan fingerprint density at radius 1 is 1.58 bits per heavy atom. The highest BCUT2D eigenvalue weighted by Crippen LogP contribution is 2.23. The molecular formula is C12H15ClN2O4. The van der Waals surface area contributed by atoms with Crippen molar-refractivity contribution in [2.24, 2.45) is 0 Å². The molecule has 1 aromatic heterocycles. The highest BCUT2D eigenvalue weighted by atomic mass is 35.5. The van der Waals surface area contributed by atoms with Gasteiger partial charge in [-0.05, 0) is 37.8 Å². The van der Waals surface area contributed by atoms with Crippen LogP contribution in [0.25, 0.3) is 0 Å². The van der Waals surface area contributed by atoms with E-state index in [0.29, 0.717) is 30.6 Å². The lowest BCUT2D eigenvalue weighted by molar-refractivity contribution is -0.148. The average Bonchev–Trinajstić information content (AvgIpc) is 2.95. The van der Waals surface area contributed by atoms with Crippen molar-refractivity contribution in [1.82, 2.24) is 10.1 Å². The van der Waals surface area contributed by atoms with Gasteiger partial charge in [-0.15, -0.1) is 0 Å². The number of rotatable bonds is 4. The second kappa shape index (κ2) is 5.61. The van der Waals surface area contributed by atoms with Crippen LogP contribution in [0.5, 0.6) is 0 Å². The number of carbonyl (C=O) groups is 2. The summed E-state index contributed by atoms with van der Waals surface area (Å²) >= 11 is 5.82. The number of nitrogens with zero attached hydrogens (tertiary/aromatic N) is 2. The van der Waals surface area contributed by atoms with Crippen LogP contribution in [0.15, 0.2) is 4.52 Å². The van der Waals surface area contributed by atoms with Crippen LogP contribution in [0.4, 0.5) is 0 Å². The van der Waals surface area contributed by atoms with E-state index in [0.717, 1.165) is 6.42 Å². The average molecular weight is 287 g/mol. The number of carbonyl (C=O) groups excluding carboxylic acids is 1. The molecule has 0 bridgehead atoms. The maximum Gasteiger partial charge on any atom is 0.326 e. The fourth-order valence-corrected chi connectivity index (χ4v) is 2.60. The van der Waals surface area contributed by atoms with Gasteiger partial charge >= 0.3 is 5.97 Å². The minimum Gasteiger partial charge on any atom is -0.480 e. The molecule has 0 saturated carbocycles. The Hall–Kier alpha value is -1.56. The largest absolute Gasteiger partial charge is 0.480 e. The molecule has 104 valence electrons. The first-order valence-corrected chi connectivity index (χ1v) is 6.51. The Labute approximate surface area is 115 Å². The number of halogens is 1. The lowest BCUT2D eigenvalue weighted by atomic mass is 10.1. The zero-order valence-corrected chi connectivity index (χ0v) is 11.3. The van der Waals surface area contributed by atoms with Crippen molar-refractivity contribution >= 4 is 23.5 Å². The minimum absolute atomic E-state index is 0.165. The number of carboxylic acids is 1. The van der Waals surface area contributed by atoms with Crippen molar-refractivity contribution in [2.75, 3.05) is 6.54 Å². The summed E-state index contributed by atoms with van der Waals surface area (Å²) in [6, 6.07) is -0.688. The summed E-state index contributed by atoms with van der Waals surface area (Å²) in [6.07, 6.45) is 1.88. The lowest BCUT2D eigenvalue weighted by Gasteiger charge is -2.21. The van der Waals surface area contributed by atoms with Crippen LogP contribution in [0.1, 0.15) is 30.5 Å². The van der Waals surface area contributed by atoms with Gasteiger partial charge in [0.2, 0.25) is 11.1 Å². The predicted octanol–water partition coefficient (Wildman–Crippen LogP) is 1.64. The van der Waals surface area contributed by atoms with Crippen molar-refractivity contribution < 1.29 is 19.2 Å². The molecule has 1 saturated heterocycles. The molecule has 1 amide bonds. The van der Waals surface area contributed by atoms with E-state index >= 15 is 0 Å². The van der Waals surface area contributed by atoms with E-state index in [2.05, 4.69) is 5.16 Å². The van der Waals surface area contributed by atoms with E-state index in [4.69, 9.17) is 21.2 Å². The van der Waals surface area contributed by atoms with Crippen LogP contribution in [-0.4, -0.2) is 39.6 Å². The van der Waals surface area contributed by atoms with Gasteiger partial charge < -0.3 is 14.5 Å². The molecular weight excluding hydrogens is 272 g/mol. The summed E-state index contributed by atoms with van der Waals surface area (Å²) in [5, 5.41) is 12.9. The summed E-state index contributed by atoms with van der Waals surface area (Å²) in [6.45, 7) is 2.26. The van der Waals surface area contributed by atoms with Crippen LogP contribution in [0, 0.1) is 6.92 Å². The number of hydrogen-bond donors (Lipinski definition) is 1. The third-order valence-corrected chi connectivity index (χ3v) is 3.68. The van der Waals surface area contributed by atoms with E-state index < -0.39 is 12.0 Å². The first kappa shape index (κ1) is 13.9. The molecule has 1 aliphatic heterocycles. The molecule has 0 spiro atoms. The molecule has 2 heterocycles. The zero-order valence-electron chi connectivity index (χ0n) is 10.6. The Bertz CT molecular complexity index is 480. The third-order valence-electron chi connectivity index (χ3n) is 3.38. The summed E-state index contributed by atoms with van der Waals surface area (Å²) in [7, 11) is 0. The minimum atomic E-state index is -0.940. The Balaban J connectivity index is 1.96. The van der Waals surface area contributed by atoms with Gasteiger partial charge in [0.15, 0.2) is 0 Å². The highest BCUT2D eigenvalue weighted by Gasteiger charge is 2.33. The molecule has 0 aliphatic carbocycles. The fraction of sp³-hybridized carbons (Fsp3) is 0.583. The first-order valence-electron chi connectivity index (χ1n) is 6.13. The highest BCUT2D eigenvalue weighted by molar-refractivity contribution is 6.29. The third kappa shape index (κ3) is 2.89. The number of aromatic nitrogens is 1. The van der Waals surface area contributed by atoms with Gasteiger partial charge in [0.05, 0.1) is 5.69 Å². The van der Waals surface area contributed by atoms with Gasteiger partial charge in [0.1, 0.15) is 6.04 Å². The van der Waals surface area contributed by atoms with Gasteiger partial charge in [-0.25, -0.2) is 4.79 Å². The topological polar surface area (TPSA) is 83.6 Å². The van der Waals surface area contributed by atoms with Gasteiger partial charge in [0, 0.05) is 18.5 Å². The number of amides is 1. The number of likely N-dealkylation sites (tertiary alicyclic amines) is 1. The van der Waals surface area contributed by atoms with E-state index in [-0.39, 0.29) is 17.5 Å². The Morgan fingerprint density at radius 2 is 2.32 bits per heavy atom. The van der Waals surface area contributed by atoms with Gasteiger partial charge in [0.25, 0.3) is 0 Å². The van der Waals surface area contributed by atoms with Crippen molar-refractivity contribution in [3.8, 4) is 0 Å². The van der Waals surface area contributed by atoms with Crippen molar-refractivity contribution in [3.63, 3.8) is 0 Å². The van der Waals surface area contributed by atoms with Crippen LogP contribution < -0.4 is 0 Å². The zero-order chi connectivity index (χ0) is 14.0. The van der Waals surface area contributed by atoms with Gasteiger partial charge in [-0.3, -0.25) is 4.79 Å². The second-order valence-electron chi connectivity index (χ2n) is 4.60. The smallest absolute Gasteiger partial charge is 0.326 e. The Kier molecular flexibility index (Phi) is 4.09. The monoisotopic (exact) mass is 286 g/mol. The van der Waals surface area contributed by atoms with E-state index in [1.54, 1.807) is 6.92 Å². The normalized spacial score (nSPS) is 18.8. The van der Waals surface area contributed by atoms with Crippen molar-refractivity contribution in [1.29, 1.82) is 0 Å². The molecule has 0 aromatic carbocycles. The van der Waals surface area contributed by atoms with Gasteiger partial charge in [-0.1, -0.05) is 5.16 Å². The standard InChI is InChI=1S/C12H15ClN2O4/c1-7-8(11(13)19-14-7)4-5-10(16)15-6-2-3-9(15)12(17)18/h9H,2-6H2,1H3,(H,17,18). The molecule has 1 aliphatic rings. The SMILES string of the molecule is Cc1noc(Cl)c1CCC(=O)N1CCCC1C(=O)O. The molecule has 1 atom stereocenters. The predicted molar refractivity (Wildman–Crippen MR) is 66.9 cm³/mol.